The summed E-state index contributed by atoms with van der Waals surface area (Å²) in [6.45, 7) is 8.42. The molecule has 0 unspecified atom stereocenters. The molecule has 1 aliphatic heterocycles. The van der Waals surface area contributed by atoms with Crippen LogP contribution < -0.4 is 20.3 Å². The molecule has 1 aromatic carbocycles. The van der Waals surface area contributed by atoms with Gasteiger partial charge in [-0.1, -0.05) is 12.1 Å². The Morgan fingerprint density at radius 3 is 2.67 bits per heavy atom. The van der Waals surface area contributed by atoms with E-state index >= 15 is 0 Å². The number of ether oxygens (including phenoxy) is 1. The zero-order chi connectivity index (χ0) is 20.5. The molecule has 3 rings (SSSR count). The van der Waals surface area contributed by atoms with Crippen LogP contribution in [0, 0.1) is 6.92 Å². The summed E-state index contributed by atoms with van der Waals surface area (Å²) < 4.78 is 5.51. The molecule has 30 heavy (non-hydrogen) atoms. The molecule has 0 atom stereocenters. The van der Waals surface area contributed by atoms with Crippen LogP contribution in [0.2, 0.25) is 0 Å². The Kier molecular flexibility index (Phi) is 10.2. The van der Waals surface area contributed by atoms with E-state index in [4.69, 9.17) is 9.73 Å². The van der Waals surface area contributed by atoms with Gasteiger partial charge in [-0.25, -0.2) is 9.98 Å². The van der Waals surface area contributed by atoms with E-state index in [1.165, 1.54) is 30.4 Å². The van der Waals surface area contributed by atoms with Crippen molar-refractivity contribution in [2.24, 2.45) is 4.99 Å². The number of methoxy groups -OCH3 is 1. The normalized spacial score (nSPS) is 14.1. The largest absolute Gasteiger partial charge is 0.496 e. The fourth-order valence-electron chi connectivity index (χ4n) is 3.54. The smallest absolute Gasteiger partial charge is 0.191 e. The molecule has 0 bridgehead atoms. The van der Waals surface area contributed by atoms with Crippen LogP contribution in [-0.2, 0) is 13.1 Å². The van der Waals surface area contributed by atoms with Gasteiger partial charge in [0.2, 0.25) is 0 Å². The predicted molar refractivity (Wildman–Crippen MR) is 135 cm³/mol. The van der Waals surface area contributed by atoms with Crippen LogP contribution in [0.3, 0.4) is 0 Å². The topological polar surface area (TPSA) is 61.8 Å². The van der Waals surface area contributed by atoms with Crippen molar-refractivity contribution < 1.29 is 4.74 Å². The number of hydrogen-bond donors (Lipinski definition) is 2. The fraction of sp³-hybridized carbons (Fsp3) is 0.478. The maximum absolute atomic E-state index is 5.51. The molecule has 1 aromatic heterocycles. The van der Waals surface area contributed by atoms with Gasteiger partial charge >= 0.3 is 0 Å². The molecule has 6 nitrogen and oxygen atoms in total. The van der Waals surface area contributed by atoms with Crippen molar-refractivity contribution in [3.8, 4) is 5.75 Å². The molecule has 0 aliphatic carbocycles. The van der Waals surface area contributed by atoms with Crippen LogP contribution >= 0.6 is 24.0 Å². The van der Waals surface area contributed by atoms with E-state index in [2.05, 4.69) is 58.6 Å². The van der Waals surface area contributed by atoms with Gasteiger partial charge in [-0.2, -0.15) is 0 Å². The second-order valence-corrected chi connectivity index (χ2v) is 7.43. The Hall–Kier alpha value is -2.03. The average Bonchev–Trinajstić information content (AvgIpc) is 2.77. The molecule has 2 aromatic rings. The van der Waals surface area contributed by atoms with Crippen molar-refractivity contribution in [1.29, 1.82) is 0 Å². The summed E-state index contributed by atoms with van der Waals surface area (Å²) in [5, 5.41) is 6.73. The van der Waals surface area contributed by atoms with Crippen LogP contribution in [0.25, 0.3) is 0 Å². The number of benzene rings is 1. The van der Waals surface area contributed by atoms with Gasteiger partial charge < -0.3 is 20.3 Å². The van der Waals surface area contributed by atoms with E-state index in [0.717, 1.165) is 42.7 Å². The number of hydrogen-bond acceptors (Lipinski definition) is 4. The number of aromatic nitrogens is 1. The summed E-state index contributed by atoms with van der Waals surface area (Å²) in [6.07, 6.45) is 5.72. The molecule has 0 spiro atoms. The third kappa shape index (κ3) is 7.04. The average molecular weight is 523 g/mol. The molecule has 164 valence electrons. The molecule has 0 amide bonds. The minimum atomic E-state index is 0. The molecule has 2 heterocycles. The van der Waals surface area contributed by atoms with Gasteiger partial charge in [-0.3, -0.25) is 0 Å². The van der Waals surface area contributed by atoms with Crippen molar-refractivity contribution >= 4 is 35.8 Å². The summed E-state index contributed by atoms with van der Waals surface area (Å²) in [4.78, 5) is 11.7. The number of nitrogens with zero attached hydrogens (tertiary/aromatic N) is 3. The summed E-state index contributed by atoms with van der Waals surface area (Å²) in [6, 6.07) is 10.5. The van der Waals surface area contributed by atoms with Gasteiger partial charge in [0.25, 0.3) is 0 Å². The second kappa shape index (κ2) is 12.6. The van der Waals surface area contributed by atoms with E-state index < -0.39 is 0 Å². The first-order chi connectivity index (χ1) is 14.2. The van der Waals surface area contributed by atoms with Crippen molar-refractivity contribution in [1.82, 2.24) is 15.6 Å². The number of aliphatic imine (C=N–C) groups is 1. The number of anilines is 1. The minimum Gasteiger partial charge on any atom is -0.496 e. The SMILES string of the molecule is CCNC(=NCc1ccnc(N2CCCCC2)c1)NCc1ccc(C)cc1OC.I. The maximum Gasteiger partial charge on any atom is 0.191 e. The molecular weight excluding hydrogens is 489 g/mol. The summed E-state index contributed by atoms with van der Waals surface area (Å²) >= 11 is 0. The Morgan fingerprint density at radius 2 is 1.93 bits per heavy atom. The molecule has 0 saturated carbocycles. The monoisotopic (exact) mass is 523 g/mol. The molecule has 0 radical (unpaired) electrons. The van der Waals surface area contributed by atoms with E-state index in [-0.39, 0.29) is 24.0 Å². The van der Waals surface area contributed by atoms with Crippen LogP contribution in [-0.4, -0.2) is 37.7 Å². The van der Waals surface area contributed by atoms with E-state index in [9.17, 15) is 0 Å². The lowest BCUT2D eigenvalue weighted by Crippen LogP contribution is -2.36. The summed E-state index contributed by atoms with van der Waals surface area (Å²) in [5.41, 5.74) is 3.47. The highest BCUT2D eigenvalue weighted by atomic mass is 127. The molecule has 2 N–H and O–H groups in total. The number of pyridine rings is 1. The molecule has 1 saturated heterocycles. The Morgan fingerprint density at radius 1 is 1.13 bits per heavy atom. The number of guanidine groups is 1. The van der Waals surface area contributed by atoms with Crippen LogP contribution in [0.15, 0.2) is 41.5 Å². The van der Waals surface area contributed by atoms with Crippen molar-refractivity contribution in [2.45, 2.75) is 46.2 Å². The molecular formula is C23H34IN5O. The van der Waals surface area contributed by atoms with Gasteiger partial charge in [0.1, 0.15) is 11.6 Å². The minimum absolute atomic E-state index is 0. The van der Waals surface area contributed by atoms with Crippen LogP contribution in [0.5, 0.6) is 5.75 Å². The van der Waals surface area contributed by atoms with Gasteiger partial charge in [0.05, 0.1) is 13.7 Å². The fourth-order valence-corrected chi connectivity index (χ4v) is 3.54. The Labute approximate surface area is 197 Å². The Bertz CT molecular complexity index is 821. The lowest BCUT2D eigenvalue weighted by Gasteiger charge is -2.27. The van der Waals surface area contributed by atoms with Gasteiger partial charge in [0, 0.05) is 37.9 Å². The number of aryl methyl sites for hydroxylation is 1. The first-order valence-corrected chi connectivity index (χ1v) is 10.5. The van der Waals surface area contributed by atoms with Gasteiger partial charge in [-0.05, 0) is 62.4 Å². The van der Waals surface area contributed by atoms with E-state index in [1.807, 2.05) is 12.3 Å². The standard InChI is InChI=1S/C23H33N5O.HI/c1-4-24-23(27-17-20-9-8-18(2)14-21(20)29-3)26-16-19-10-11-25-22(15-19)28-12-6-5-7-13-28;/h8-11,14-15H,4-7,12-13,16-17H2,1-3H3,(H2,24,26,27);1H. The van der Waals surface area contributed by atoms with Crippen LogP contribution in [0.1, 0.15) is 42.9 Å². The van der Waals surface area contributed by atoms with Crippen molar-refractivity contribution in [3.05, 3.63) is 53.2 Å². The van der Waals surface area contributed by atoms with E-state index in [1.54, 1.807) is 7.11 Å². The number of nitrogens with one attached hydrogen (secondary N) is 2. The first-order valence-electron chi connectivity index (χ1n) is 10.5. The highest BCUT2D eigenvalue weighted by Gasteiger charge is 2.12. The third-order valence-electron chi connectivity index (χ3n) is 5.14. The maximum atomic E-state index is 5.51. The number of rotatable bonds is 7. The van der Waals surface area contributed by atoms with E-state index in [0.29, 0.717) is 13.1 Å². The molecule has 1 aliphatic rings. The predicted octanol–water partition coefficient (Wildman–Crippen LogP) is 4.26. The lowest BCUT2D eigenvalue weighted by atomic mass is 10.1. The lowest BCUT2D eigenvalue weighted by molar-refractivity contribution is 0.408. The number of piperidine rings is 1. The third-order valence-corrected chi connectivity index (χ3v) is 5.14. The van der Waals surface area contributed by atoms with Gasteiger partial charge in [-0.15, -0.1) is 24.0 Å². The quantitative estimate of drug-likeness (QED) is 0.323. The van der Waals surface area contributed by atoms with Crippen molar-refractivity contribution in [2.75, 3.05) is 31.6 Å². The zero-order valence-corrected chi connectivity index (χ0v) is 20.6. The first kappa shape index (κ1) is 24.2. The highest BCUT2D eigenvalue weighted by molar-refractivity contribution is 14.0. The summed E-state index contributed by atoms with van der Waals surface area (Å²) in [5.74, 6) is 2.76. The van der Waals surface area contributed by atoms with Crippen molar-refractivity contribution in [3.63, 3.8) is 0 Å². The Balaban J connectivity index is 0.00000320. The zero-order valence-electron chi connectivity index (χ0n) is 18.3. The van der Waals surface area contributed by atoms with Gasteiger partial charge in [0.15, 0.2) is 5.96 Å². The summed E-state index contributed by atoms with van der Waals surface area (Å²) in [7, 11) is 1.71. The second-order valence-electron chi connectivity index (χ2n) is 7.43. The van der Waals surface area contributed by atoms with Crippen LogP contribution in [0.4, 0.5) is 5.82 Å². The molecule has 7 heteroatoms. The molecule has 1 fully saturated rings. The number of halogens is 1. The highest BCUT2D eigenvalue weighted by Crippen LogP contribution is 2.20.